The van der Waals surface area contributed by atoms with Crippen LogP contribution in [0.15, 0.2) is 0 Å². The average Bonchev–Trinajstić information content (AvgIpc) is 2.83. The lowest BCUT2D eigenvalue weighted by atomic mass is 10.0. The number of likely N-dealkylation sites (N-methyl/N-ethyl adjacent to an activating group) is 1. The van der Waals surface area contributed by atoms with Crippen LogP contribution in [0.4, 0.5) is 0 Å². The van der Waals surface area contributed by atoms with E-state index in [9.17, 15) is 14.2 Å². The van der Waals surface area contributed by atoms with Gasteiger partial charge in [0, 0.05) is 13.0 Å². The van der Waals surface area contributed by atoms with Gasteiger partial charge in [-0.05, 0) is 20.5 Å². The molecule has 0 heterocycles. The number of rotatable bonds is 27. The van der Waals surface area contributed by atoms with Gasteiger partial charge in [-0.3, -0.25) is 18.6 Å². The van der Waals surface area contributed by atoms with Crippen LogP contribution in [0.2, 0.25) is 0 Å². The molecule has 11 heteroatoms. The van der Waals surface area contributed by atoms with Gasteiger partial charge in [-0.1, -0.05) is 84.0 Å². The lowest BCUT2D eigenvalue weighted by molar-refractivity contribution is -0.203. The van der Waals surface area contributed by atoms with Crippen LogP contribution in [0.5, 0.6) is 0 Å². The maximum atomic E-state index is 12.5. The highest BCUT2D eigenvalue weighted by Gasteiger charge is 2.30. The van der Waals surface area contributed by atoms with Gasteiger partial charge in [0.25, 0.3) is 6.47 Å². The molecule has 10 nitrogen and oxygen atoms in total. The minimum atomic E-state index is -4.03. The number of carbonyl (C=O) groups excluding carboxylic acids is 2. The Morgan fingerprint density at radius 3 is 1.92 bits per heavy atom. The standard InChI is InChI=1S/C25H50NO9P/c1-5-6-7-8-9-10-11-12-13-14-15-16-17-18-25(28)31-21-24(32-23-27)22-34-36(29,35-30-4)33-20-19-26(2)3/h23-24H,5-22H2,1-4H3. The Morgan fingerprint density at radius 1 is 0.861 bits per heavy atom. The summed E-state index contributed by atoms with van der Waals surface area (Å²) >= 11 is 0. The van der Waals surface area contributed by atoms with Gasteiger partial charge in [0.15, 0.2) is 6.10 Å². The first-order valence-corrected chi connectivity index (χ1v) is 14.8. The zero-order valence-electron chi connectivity index (χ0n) is 23.0. The highest BCUT2D eigenvalue weighted by Crippen LogP contribution is 2.49. The van der Waals surface area contributed by atoms with Crippen molar-refractivity contribution in [2.45, 2.75) is 103 Å². The molecule has 0 bridgehead atoms. The number of ether oxygens (including phenoxy) is 2. The minimum Gasteiger partial charge on any atom is -0.462 e. The zero-order chi connectivity index (χ0) is 26.9. The number of esters is 1. The summed E-state index contributed by atoms with van der Waals surface area (Å²) in [5.41, 5.74) is 0. The number of unbranched alkanes of at least 4 members (excludes halogenated alkanes) is 12. The maximum Gasteiger partial charge on any atom is 0.502 e. The summed E-state index contributed by atoms with van der Waals surface area (Å²) in [6.45, 7) is 2.43. The van der Waals surface area contributed by atoms with Crippen LogP contribution in [0.3, 0.4) is 0 Å². The first-order chi connectivity index (χ1) is 17.4. The maximum absolute atomic E-state index is 12.5. The molecule has 36 heavy (non-hydrogen) atoms. The van der Waals surface area contributed by atoms with E-state index in [0.29, 0.717) is 13.0 Å². The number of nitrogens with zero attached hydrogens (tertiary/aromatic N) is 1. The van der Waals surface area contributed by atoms with Crippen molar-refractivity contribution in [3.8, 4) is 0 Å². The van der Waals surface area contributed by atoms with E-state index in [0.717, 1.165) is 19.3 Å². The van der Waals surface area contributed by atoms with Gasteiger partial charge in [0.05, 0.1) is 20.3 Å². The highest BCUT2D eigenvalue weighted by molar-refractivity contribution is 7.48. The van der Waals surface area contributed by atoms with E-state index in [-0.39, 0.29) is 32.3 Å². The van der Waals surface area contributed by atoms with E-state index < -0.39 is 13.9 Å². The Hall–Kier alpha value is -1.03. The van der Waals surface area contributed by atoms with E-state index in [1.807, 2.05) is 19.0 Å². The van der Waals surface area contributed by atoms with Crippen molar-refractivity contribution in [2.24, 2.45) is 0 Å². The van der Waals surface area contributed by atoms with Crippen molar-refractivity contribution >= 4 is 20.3 Å². The second-order valence-corrected chi connectivity index (χ2v) is 10.7. The number of phosphoric ester groups is 1. The monoisotopic (exact) mass is 539 g/mol. The topological polar surface area (TPSA) is 110 Å². The summed E-state index contributed by atoms with van der Waals surface area (Å²) < 4.78 is 37.6. The molecule has 0 aromatic carbocycles. The fraction of sp³-hybridized carbons (Fsp3) is 0.920. The first-order valence-electron chi connectivity index (χ1n) is 13.4. The SMILES string of the molecule is CCCCCCCCCCCCCCCC(=O)OCC(COP(=O)(OCCN(C)C)OOC)OC=O. The van der Waals surface area contributed by atoms with Crippen LogP contribution in [0.1, 0.15) is 96.8 Å². The molecule has 0 aromatic heterocycles. The predicted octanol–water partition coefficient (Wildman–Crippen LogP) is 5.83. The van der Waals surface area contributed by atoms with E-state index >= 15 is 0 Å². The summed E-state index contributed by atoms with van der Waals surface area (Å²) in [5.74, 6) is -0.379. The third-order valence-electron chi connectivity index (χ3n) is 5.53. The largest absolute Gasteiger partial charge is 0.502 e. The molecule has 0 aromatic rings. The molecule has 0 amide bonds. The van der Waals surface area contributed by atoms with E-state index in [2.05, 4.69) is 16.5 Å². The Balaban J connectivity index is 3.97. The van der Waals surface area contributed by atoms with Crippen molar-refractivity contribution in [1.82, 2.24) is 4.90 Å². The zero-order valence-corrected chi connectivity index (χ0v) is 23.8. The molecule has 0 aliphatic heterocycles. The quantitative estimate of drug-likeness (QED) is 0.0316. The van der Waals surface area contributed by atoms with Crippen molar-refractivity contribution in [3.05, 3.63) is 0 Å². The molecule has 0 spiro atoms. The Labute approximate surface area is 218 Å². The van der Waals surface area contributed by atoms with Gasteiger partial charge >= 0.3 is 13.8 Å². The molecular formula is C25H50NO9P. The second kappa shape index (κ2) is 24.3. The molecule has 0 saturated carbocycles. The molecular weight excluding hydrogens is 489 g/mol. The molecule has 2 unspecified atom stereocenters. The van der Waals surface area contributed by atoms with Gasteiger partial charge < -0.3 is 14.4 Å². The van der Waals surface area contributed by atoms with Crippen LogP contribution in [0, 0.1) is 0 Å². The molecule has 2 atom stereocenters. The third kappa shape index (κ3) is 22.2. The Bertz CT molecular complexity index is 578. The van der Waals surface area contributed by atoms with Crippen LogP contribution >= 0.6 is 7.82 Å². The molecule has 0 aliphatic rings. The van der Waals surface area contributed by atoms with Crippen LogP contribution in [-0.2, 0) is 42.2 Å². The van der Waals surface area contributed by atoms with Gasteiger partial charge in [0.1, 0.15) is 6.61 Å². The summed E-state index contributed by atoms with van der Waals surface area (Å²) in [7, 11) is 0.792. The normalized spacial score (nSPS) is 13.9. The molecule has 0 aliphatic carbocycles. The number of hydrogen-bond acceptors (Lipinski definition) is 10. The highest BCUT2D eigenvalue weighted by atomic mass is 31.2. The summed E-state index contributed by atoms with van der Waals surface area (Å²) in [4.78, 5) is 29.1. The summed E-state index contributed by atoms with van der Waals surface area (Å²) in [6.07, 6.45) is 15.3. The Kier molecular flexibility index (Phi) is 23.6. The smallest absolute Gasteiger partial charge is 0.462 e. The fourth-order valence-corrected chi connectivity index (χ4v) is 4.43. The minimum absolute atomic E-state index is 0.0704. The molecule has 214 valence electrons. The van der Waals surface area contributed by atoms with Gasteiger partial charge in [0.2, 0.25) is 0 Å². The Morgan fingerprint density at radius 2 is 1.42 bits per heavy atom. The number of carbonyl (C=O) groups is 2. The predicted molar refractivity (Wildman–Crippen MR) is 138 cm³/mol. The summed E-state index contributed by atoms with van der Waals surface area (Å²) in [6, 6.07) is 0. The van der Waals surface area contributed by atoms with E-state index in [4.69, 9.17) is 18.5 Å². The molecule has 0 radical (unpaired) electrons. The van der Waals surface area contributed by atoms with Gasteiger partial charge in [-0.15, -0.1) is 4.67 Å². The van der Waals surface area contributed by atoms with Gasteiger partial charge in [-0.25, -0.2) is 9.45 Å². The van der Waals surface area contributed by atoms with Crippen molar-refractivity contribution in [2.75, 3.05) is 47.6 Å². The van der Waals surface area contributed by atoms with E-state index in [1.165, 1.54) is 71.3 Å². The average molecular weight is 540 g/mol. The van der Waals surface area contributed by atoms with Crippen LogP contribution in [0.25, 0.3) is 0 Å². The molecule has 0 fully saturated rings. The van der Waals surface area contributed by atoms with Crippen molar-refractivity contribution in [3.63, 3.8) is 0 Å². The van der Waals surface area contributed by atoms with Crippen LogP contribution in [-0.4, -0.2) is 71.0 Å². The number of phosphoric acid groups is 1. The lowest BCUT2D eigenvalue weighted by Crippen LogP contribution is -2.27. The summed E-state index contributed by atoms with van der Waals surface area (Å²) in [5, 5.41) is 0. The second-order valence-electron chi connectivity index (χ2n) is 9.15. The molecule has 0 rings (SSSR count). The number of hydrogen-bond donors (Lipinski definition) is 0. The molecule has 0 saturated heterocycles. The first kappa shape index (κ1) is 35.0. The van der Waals surface area contributed by atoms with Crippen LogP contribution < -0.4 is 0 Å². The van der Waals surface area contributed by atoms with Crippen molar-refractivity contribution < 1.29 is 42.2 Å². The van der Waals surface area contributed by atoms with Crippen molar-refractivity contribution in [1.29, 1.82) is 0 Å². The molecule has 0 N–H and O–H groups in total. The lowest BCUT2D eigenvalue weighted by Gasteiger charge is -2.20. The third-order valence-corrected chi connectivity index (χ3v) is 6.83. The van der Waals surface area contributed by atoms with E-state index in [1.54, 1.807) is 0 Å². The van der Waals surface area contributed by atoms with Gasteiger partial charge in [-0.2, -0.15) is 0 Å². The fourth-order valence-electron chi connectivity index (χ4n) is 3.43.